The van der Waals surface area contributed by atoms with Crippen LogP contribution in [0.1, 0.15) is 6.42 Å². The molecule has 14 heavy (non-hydrogen) atoms. The number of amides is 1. The van der Waals surface area contributed by atoms with Gasteiger partial charge in [0.2, 0.25) is 5.91 Å². The Morgan fingerprint density at radius 2 is 2.36 bits per heavy atom. The number of likely N-dealkylation sites (N-methyl/N-ethyl adjacent to an activating group) is 1. The molecule has 5 nitrogen and oxygen atoms in total. The molecule has 1 amide bonds. The number of aliphatic hydroxyl groups is 1. The van der Waals surface area contributed by atoms with E-state index in [4.69, 9.17) is 9.84 Å². The van der Waals surface area contributed by atoms with Crippen molar-refractivity contribution in [1.82, 2.24) is 10.2 Å². The highest BCUT2D eigenvalue weighted by Gasteiger charge is 2.30. The Hall–Kier alpha value is -0.650. The minimum Gasteiger partial charge on any atom is -0.394 e. The van der Waals surface area contributed by atoms with Crippen molar-refractivity contribution >= 4 is 5.91 Å². The molecule has 1 aliphatic heterocycles. The van der Waals surface area contributed by atoms with E-state index in [9.17, 15) is 4.79 Å². The monoisotopic (exact) mass is 202 g/mol. The second-order valence-corrected chi connectivity index (χ2v) is 3.65. The van der Waals surface area contributed by atoms with Crippen molar-refractivity contribution in [1.29, 1.82) is 0 Å². The van der Waals surface area contributed by atoms with Crippen LogP contribution < -0.4 is 5.32 Å². The molecular formula is C9H18N2O3. The average molecular weight is 202 g/mol. The Morgan fingerprint density at radius 1 is 1.64 bits per heavy atom. The SMILES string of the molecule is CN(C)C(=O)[C@@H]1C[C@@H](OCCO)CN1. The molecular weight excluding hydrogens is 184 g/mol. The van der Waals surface area contributed by atoms with Gasteiger partial charge in [0.05, 0.1) is 25.4 Å². The summed E-state index contributed by atoms with van der Waals surface area (Å²) < 4.78 is 5.33. The lowest BCUT2D eigenvalue weighted by molar-refractivity contribution is -0.130. The van der Waals surface area contributed by atoms with Crippen molar-refractivity contribution in [3.63, 3.8) is 0 Å². The summed E-state index contributed by atoms with van der Waals surface area (Å²) in [7, 11) is 3.48. The highest BCUT2D eigenvalue weighted by molar-refractivity contribution is 5.81. The Balaban J connectivity index is 2.30. The molecule has 0 radical (unpaired) electrons. The smallest absolute Gasteiger partial charge is 0.239 e. The molecule has 2 atom stereocenters. The molecule has 2 N–H and O–H groups in total. The first kappa shape index (κ1) is 11.4. The van der Waals surface area contributed by atoms with Crippen LogP contribution in [0.15, 0.2) is 0 Å². The van der Waals surface area contributed by atoms with Crippen LogP contribution in [-0.4, -0.2) is 61.9 Å². The van der Waals surface area contributed by atoms with Gasteiger partial charge < -0.3 is 20.1 Å². The normalized spacial score (nSPS) is 26.5. The van der Waals surface area contributed by atoms with Crippen LogP contribution in [-0.2, 0) is 9.53 Å². The third-order valence-corrected chi connectivity index (χ3v) is 2.27. The number of aliphatic hydroxyl groups excluding tert-OH is 1. The summed E-state index contributed by atoms with van der Waals surface area (Å²) >= 11 is 0. The second kappa shape index (κ2) is 5.29. The molecule has 1 saturated heterocycles. The predicted molar refractivity (Wildman–Crippen MR) is 51.9 cm³/mol. The fourth-order valence-electron chi connectivity index (χ4n) is 1.55. The van der Waals surface area contributed by atoms with E-state index in [1.54, 1.807) is 19.0 Å². The molecule has 1 heterocycles. The third kappa shape index (κ3) is 2.94. The van der Waals surface area contributed by atoms with Gasteiger partial charge in [-0.05, 0) is 6.42 Å². The van der Waals surface area contributed by atoms with Crippen molar-refractivity contribution in [3.05, 3.63) is 0 Å². The van der Waals surface area contributed by atoms with Crippen molar-refractivity contribution in [2.45, 2.75) is 18.6 Å². The molecule has 1 fully saturated rings. The van der Waals surface area contributed by atoms with E-state index < -0.39 is 0 Å². The van der Waals surface area contributed by atoms with E-state index in [1.807, 2.05) is 0 Å². The quantitative estimate of drug-likeness (QED) is 0.602. The fourth-order valence-corrected chi connectivity index (χ4v) is 1.55. The summed E-state index contributed by atoms with van der Waals surface area (Å²) in [5.41, 5.74) is 0. The van der Waals surface area contributed by atoms with Crippen LogP contribution in [0.3, 0.4) is 0 Å². The van der Waals surface area contributed by atoms with Crippen molar-refractivity contribution in [2.75, 3.05) is 33.9 Å². The van der Waals surface area contributed by atoms with Gasteiger partial charge in [-0.15, -0.1) is 0 Å². The van der Waals surface area contributed by atoms with E-state index in [-0.39, 0.29) is 24.7 Å². The third-order valence-electron chi connectivity index (χ3n) is 2.27. The van der Waals surface area contributed by atoms with Gasteiger partial charge in [0, 0.05) is 20.6 Å². The van der Waals surface area contributed by atoms with Gasteiger partial charge in [-0.2, -0.15) is 0 Å². The van der Waals surface area contributed by atoms with Crippen molar-refractivity contribution in [2.24, 2.45) is 0 Å². The number of ether oxygens (including phenoxy) is 1. The topological polar surface area (TPSA) is 61.8 Å². The maximum Gasteiger partial charge on any atom is 0.239 e. The van der Waals surface area contributed by atoms with E-state index in [0.717, 1.165) is 0 Å². The minimum absolute atomic E-state index is 0.0305. The maximum absolute atomic E-state index is 11.5. The number of nitrogens with one attached hydrogen (secondary N) is 1. The number of carbonyl (C=O) groups excluding carboxylic acids is 1. The van der Waals surface area contributed by atoms with Gasteiger partial charge in [-0.1, -0.05) is 0 Å². The zero-order chi connectivity index (χ0) is 10.6. The largest absolute Gasteiger partial charge is 0.394 e. The van der Waals surface area contributed by atoms with Crippen LogP contribution in [0, 0.1) is 0 Å². The fraction of sp³-hybridized carbons (Fsp3) is 0.889. The summed E-state index contributed by atoms with van der Waals surface area (Å²) in [5, 5.41) is 11.7. The second-order valence-electron chi connectivity index (χ2n) is 3.65. The molecule has 1 aliphatic rings. The Kier molecular flexibility index (Phi) is 4.31. The van der Waals surface area contributed by atoms with Gasteiger partial charge in [0.15, 0.2) is 0 Å². The Labute approximate surface area is 84.0 Å². The van der Waals surface area contributed by atoms with Crippen molar-refractivity contribution in [3.8, 4) is 0 Å². The summed E-state index contributed by atoms with van der Waals surface area (Å²) in [4.78, 5) is 13.1. The van der Waals surface area contributed by atoms with Gasteiger partial charge >= 0.3 is 0 Å². The van der Waals surface area contributed by atoms with Crippen LogP contribution in [0.2, 0.25) is 0 Å². The summed E-state index contributed by atoms with van der Waals surface area (Å²) in [5.74, 6) is 0.0834. The Bertz CT molecular complexity index is 196. The molecule has 0 spiro atoms. The number of hydrogen-bond acceptors (Lipinski definition) is 4. The molecule has 0 aliphatic carbocycles. The summed E-state index contributed by atoms with van der Waals surface area (Å²) in [6, 6.07) is -0.131. The van der Waals surface area contributed by atoms with E-state index in [2.05, 4.69) is 5.32 Å². The Morgan fingerprint density at radius 3 is 2.93 bits per heavy atom. The van der Waals surface area contributed by atoms with Gasteiger partial charge in [0.1, 0.15) is 0 Å². The molecule has 1 rings (SSSR count). The highest BCUT2D eigenvalue weighted by atomic mass is 16.5. The first-order chi connectivity index (χ1) is 6.65. The lowest BCUT2D eigenvalue weighted by Gasteiger charge is -2.15. The van der Waals surface area contributed by atoms with E-state index in [1.165, 1.54) is 0 Å². The van der Waals surface area contributed by atoms with Crippen LogP contribution >= 0.6 is 0 Å². The van der Waals surface area contributed by atoms with Crippen LogP contribution in [0.5, 0.6) is 0 Å². The van der Waals surface area contributed by atoms with Gasteiger partial charge in [-0.3, -0.25) is 4.79 Å². The predicted octanol–water partition coefficient (Wildman–Crippen LogP) is -1.19. The molecule has 0 bridgehead atoms. The molecule has 0 aromatic heterocycles. The van der Waals surface area contributed by atoms with Crippen LogP contribution in [0.25, 0.3) is 0 Å². The zero-order valence-corrected chi connectivity index (χ0v) is 8.69. The number of carbonyl (C=O) groups is 1. The molecule has 5 heteroatoms. The number of rotatable bonds is 4. The average Bonchev–Trinajstić information content (AvgIpc) is 2.61. The van der Waals surface area contributed by atoms with Gasteiger partial charge in [-0.25, -0.2) is 0 Å². The summed E-state index contributed by atoms with van der Waals surface area (Å²) in [6.45, 7) is 1.06. The molecule has 0 aromatic rings. The van der Waals surface area contributed by atoms with E-state index in [0.29, 0.717) is 19.6 Å². The van der Waals surface area contributed by atoms with Crippen molar-refractivity contribution < 1.29 is 14.6 Å². The molecule has 0 saturated carbocycles. The zero-order valence-electron chi connectivity index (χ0n) is 8.69. The summed E-state index contributed by atoms with van der Waals surface area (Å²) in [6.07, 6.45) is 0.743. The lowest BCUT2D eigenvalue weighted by Crippen LogP contribution is -2.39. The standard InChI is InChI=1S/C9H18N2O3/c1-11(2)9(13)8-5-7(6-10-8)14-4-3-12/h7-8,10,12H,3-6H2,1-2H3/t7-,8+/m1/s1. The number of nitrogens with zero attached hydrogens (tertiary/aromatic N) is 1. The van der Waals surface area contributed by atoms with Crippen LogP contribution in [0.4, 0.5) is 0 Å². The molecule has 82 valence electrons. The lowest BCUT2D eigenvalue weighted by atomic mass is 10.2. The first-order valence-electron chi connectivity index (χ1n) is 4.82. The molecule has 0 unspecified atom stereocenters. The molecule has 0 aromatic carbocycles. The minimum atomic E-state index is -0.131. The van der Waals surface area contributed by atoms with Gasteiger partial charge in [0.25, 0.3) is 0 Å². The van der Waals surface area contributed by atoms with E-state index >= 15 is 0 Å². The maximum atomic E-state index is 11.5. The highest BCUT2D eigenvalue weighted by Crippen LogP contribution is 2.11. The number of hydrogen-bond donors (Lipinski definition) is 2. The first-order valence-corrected chi connectivity index (χ1v) is 4.82.